The number of rotatable bonds is 6. The second kappa shape index (κ2) is 9.05. The van der Waals surface area contributed by atoms with Gasteiger partial charge in [0.05, 0.1) is 10.9 Å². The molecular formula is C24H24N2O2S. The number of fused-ring (bicyclic) bond motifs is 1. The highest BCUT2D eigenvalue weighted by molar-refractivity contribution is 7.12. The molecule has 0 radical (unpaired) electrons. The minimum Gasteiger partial charge on any atom is -0.347 e. The molecule has 0 unspecified atom stereocenters. The maximum Gasteiger partial charge on any atom is 0.262 e. The van der Waals surface area contributed by atoms with Crippen molar-refractivity contribution < 1.29 is 9.59 Å². The van der Waals surface area contributed by atoms with E-state index >= 15 is 0 Å². The maximum absolute atomic E-state index is 13.2. The summed E-state index contributed by atoms with van der Waals surface area (Å²) in [5, 5.41) is 8.00. The number of carbonyl (C=O) groups excluding carboxylic acids is 2. The molecule has 3 aromatic rings. The molecule has 0 spiro atoms. The average molecular weight is 405 g/mol. The predicted octanol–water partition coefficient (Wildman–Crippen LogP) is 4.28. The number of hydrogen-bond donors (Lipinski definition) is 2. The third-order valence-corrected chi connectivity index (χ3v) is 6.20. The van der Waals surface area contributed by atoms with E-state index in [0.717, 1.165) is 24.8 Å². The molecule has 5 heteroatoms. The summed E-state index contributed by atoms with van der Waals surface area (Å²) in [6.45, 7) is 0. The van der Waals surface area contributed by atoms with Gasteiger partial charge < -0.3 is 10.6 Å². The standard InChI is InChI=1S/C24H24N2O2S/c27-23(25-20-13-6-11-18-10-4-5-12-19(18)20)21(16-17-8-2-1-3-9-17)26-24(28)22-14-7-15-29-22/h1-5,7-10,12,14-15,20-21H,6,11,13,16H2,(H,25,27)(H,26,28)/t20-,21+/m1/s1. The Kier molecular flexibility index (Phi) is 6.06. The van der Waals surface area contributed by atoms with Crippen LogP contribution < -0.4 is 10.6 Å². The summed E-state index contributed by atoms with van der Waals surface area (Å²) in [5.41, 5.74) is 3.50. The Labute approximate surface area is 175 Å². The summed E-state index contributed by atoms with van der Waals surface area (Å²) in [6, 6.07) is 21.1. The van der Waals surface area contributed by atoms with Gasteiger partial charge in [0.15, 0.2) is 0 Å². The molecule has 2 N–H and O–H groups in total. The molecule has 1 heterocycles. The SMILES string of the molecule is O=C(N[C@@H](Cc1ccccc1)C(=O)N[C@@H]1CCCc2ccccc21)c1cccs1. The predicted molar refractivity (Wildman–Crippen MR) is 116 cm³/mol. The van der Waals surface area contributed by atoms with Crippen LogP contribution in [0.25, 0.3) is 0 Å². The van der Waals surface area contributed by atoms with Crippen molar-refractivity contribution in [3.8, 4) is 0 Å². The topological polar surface area (TPSA) is 58.2 Å². The van der Waals surface area contributed by atoms with Gasteiger partial charge in [-0.3, -0.25) is 9.59 Å². The van der Waals surface area contributed by atoms with Crippen LogP contribution in [0.4, 0.5) is 0 Å². The lowest BCUT2D eigenvalue weighted by atomic mass is 9.87. The minimum absolute atomic E-state index is 0.00985. The van der Waals surface area contributed by atoms with Gasteiger partial charge in [-0.15, -0.1) is 11.3 Å². The van der Waals surface area contributed by atoms with E-state index in [1.54, 1.807) is 6.07 Å². The lowest BCUT2D eigenvalue weighted by Gasteiger charge is -2.28. The van der Waals surface area contributed by atoms with E-state index in [2.05, 4.69) is 22.8 Å². The number of carbonyl (C=O) groups is 2. The molecule has 29 heavy (non-hydrogen) atoms. The van der Waals surface area contributed by atoms with E-state index in [0.29, 0.717) is 11.3 Å². The molecular weight excluding hydrogens is 380 g/mol. The van der Waals surface area contributed by atoms with Crippen LogP contribution in [0.3, 0.4) is 0 Å². The molecule has 2 atom stereocenters. The summed E-state index contributed by atoms with van der Waals surface area (Å²) in [6.07, 6.45) is 3.47. The molecule has 0 saturated heterocycles. The smallest absolute Gasteiger partial charge is 0.262 e. The van der Waals surface area contributed by atoms with E-state index in [1.165, 1.54) is 22.5 Å². The highest BCUT2D eigenvalue weighted by Crippen LogP contribution is 2.29. The van der Waals surface area contributed by atoms with E-state index < -0.39 is 6.04 Å². The first-order valence-corrected chi connectivity index (χ1v) is 10.8. The van der Waals surface area contributed by atoms with Gasteiger partial charge in [-0.1, -0.05) is 60.7 Å². The summed E-state index contributed by atoms with van der Waals surface area (Å²) in [7, 11) is 0. The van der Waals surface area contributed by atoms with Crippen LogP contribution >= 0.6 is 11.3 Å². The fourth-order valence-corrected chi connectivity index (χ4v) is 4.50. The molecule has 2 amide bonds. The lowest BCUT2D eigenvalue weighted by Crippen LogP contribution is -2.49. The van der Waals surface area contributed by atoms with Gasteiger partial charge in [0.2, 0.25) is 5.91 Å². The largest absolute Gasteiger partial charge is 0.347 e. The highest BCUT2D eigenvalue weighted by Gasteiger charge is 2.27. The van der Waals surface area contributed by atoms with Crippen molar-refractivity contribution in [2.24, 2.45) is 0 Å². The van der Waals surface area contributed by atoms with Crippen molar-refractivity contribution in [1.29, 1.82) is 0 Å². The zero-order valence-electron chi connectivity index (χ0n) is 16.1. The van der Waals surface area contributed by atoms with Crippen LogP contribution in [0.5, 0.6) is 0 Å². The summed E-state index contributed by atoms with van der Waals surface area (Å²) < 4.78 is 0. The number of nitrogens with one attached hydrogen (secondary N) is 2. The molecule has 1 aliphatic carbocycles. The molecule has 0 bridgehead atoms. The number of hydrogen-bond acceptors (Lipinski definition) is 3. The van der Waals surface area contributed by atoms with Crippen LogP contribution in [0.15, 0.2) is 72.1 Å². The van der Waals surface area contributed by atoms with Crippen LogP contribution in [0.1, 0.15) is 45.2 Å². The Morgan fingerprint density at radius 1 is 1.00 bits per heavy atom. The minimum atomic E-state index is -0.624. The normalized spacial score (nSPS) is 16.5. The first-order valence-electron chi connectivity index (χ1n) is 9.97. The van der Waals surface area contributed by atoms with Gasteiger partial charge in [-0.05, 0) is 47.4 Å². The molecule has 0 fully saturated rings. The fraction of sp³-hybridized carbons (Fsp3) is 0.250. The van der Waals surface area contributed by atoms with Gasteiger partial charge in [0.25, 0.3) is 5.91 Å². The van der Waals surface area contributed by atoms with Gasteiger partial charge >= 0.3 is 0 Å². The van der Waals surface area contributed by atoms with Crippen molar-refractivity contribution in [2.45, 2.75) is 37.8 Å². The molecule has 4 rings (SSSR count). The summed E-state index contributed by atoms with van der Waals surface area (Å²) in [5.74, 6) is -0.347. The van der Waals surface area contributed by atoms with Crippen molar-refractivity contribution in [1.82, 2.24) is 10.6 Å². The quantitative estimate of drug-likeness (QED) is 0.644. The molecule has 148 valence electrons. The zero-order valence-corrected chi connectivity index (χ0v) is 17.0. The summed E-state index contributed by atoms with van der Waals surface area (Å²) in [4.78, 5) is 26.4. The Hall–Kier alpha value is -2.92. The van der Waals surface area contributed by atoms with Gasteiger partial charge in [-0.2, -0.15) is 0 Å². The molecule has 4 nitrogen and oxygen atoms in total. The first kappa shape index (κ1) is 19.4. The average Bonchev–Trinajstić information content (AvgIpc) is 3.29. The molecule has 1 aliphatic rings. The Morgan fingerprint density at radius 2 is 1.79 bits per heavy atom. The maximum atomic E-state index is 13.2. The van der Waals surface area contributed by atoms with E-state index in [-0.39, 0.29) is 17.9 Å². The lowest BCUT2D eigenvalue weighted by molar-refractivity contribution is -0.123. The third-order valence-electron chi connectivity index (χ3n) is 5.34. The van der Waals surface area contributed by atoms with E-state index in [1.807, 2.05) is 53.9 Å². The second-order valence-electron chi connectivity index (χ2n) is 7.35. The molecule has 2 aromatic carbocycles. The Balaban J connectivity index is 1.52. The first-order chi connectivity index (χ1) is 14.2. The molecule has 1 aromatic heterocycles. The van der Waals surface area contributed by atoms with E-state index in [4.69, 9.17) is 0 Å². The van der Waals surface area contributed by atoms with Crippen molar-refractivity contribution in [3.05, 3.63) is 93.7 Å². The number of aryl methyl sites for hydroxylation is 1. The number of amides is 2. The second-order valence-corrected chi connectivity index (χ2v) is 8.29. The van der Waals surface area contributed by atoms with Gasteiger partial charge in [0.1, 0.15) is 6.04 Å². The monoisotopic (exact) mass is 404 g/mol. The third kappa shape index (κ3) is 4.74. The van der Waals surface area contributed by atoms with Crippen molar-refractivity contribution >= 4 is 23.2 Å². The fourth-order valence-electron chi connectivity index (χ4n) is 3.87. The van der Waals surface area contributed by atoms with Crippen LogP contribution in [0.2, 0.25) is 0 Å². The Morgan fingerprint density at radius 3 is 2.59 bits per heavy atom. The van der Waals surface area contributed by atoms with Gasteiger partial charge in [-0.25, -0.2) is 0 Å². The van der Waals surface area contributed by atoms with Crippen molar-refractivity contribution in [2.75, 3.05) is 0 Å². The highest BCUT2D eigenvalue weighted by atomic mass is 32.1. The molecule has 0 saturated carbocycles. The Bertz CT molecular complexity index is 970. The van der Waals surface area contributed by atoms with Crippen LogP contribution in [0, 0.1) is 0 Å². The van der Waals surface area contributed by atoms with Crippen molar-refractivity contribution in [3.63, 3.8) is 0 Å². The molecule has 0 aliphatic heterocycles. The van der Waals surface area contributed by atoms with E-state index in [9.17, 15) is 9.59 Å². The summed E-state index contributed by atoms with van der Waals surface area (Å²) >= 11 is 1.37. The number of benzene rings is 2. The van der Waals surface area contributed by atoms with Crippen LogP contribution in [-0.2, 0) is 17.6 Å². The van der Waals surface area contributed by atoms with Gasteiger partial charge in [0, 0.05) is 6.42 Å². The van der Waals surface area contributed by atoms with Crippen LogP contribution in [-0.4, -0.2) is 17.9 Å². The number of thiophene rings is 1. The zero-order chi connectivity index (χ0) is 20.1.